The summed E-state index contributed by atoms with van der Waals surface area (Å²) in [6, 6.07) is 6.97. The van der Waals surface area contributed by atoms with Crippen LogP contribution in [0.25, 0.3) is 0 Å². The Morgan fingerprint density at radius 1 is 1.04 bits per heavy atom. The molecule has 0 spiro atoms. The molecule has 2 heterocycles. The quantitative estimate of drug-likeness (QED) is 0.863. The number of ether oxygens (including phenoxy) is 5. The molecular weight excluding hydrogens is 364 g/mol. The van der Waals surface area contributed by atoms with Gasteiger partial charge in [-0.05, 0) is 37.6 Å². The van der Waals surface area contributed by atoms with Crippen LogP contribution in [0.4, 0.5) is 0 Å². The average molecular weight is 384 g/mol. The molecule has 4 rings (SSSR count). The maximum atomic E-state index is 12.5. The zero-order valence-corrected chi connectivity index (χ0v) is 16.0. The zero-order valence-electron chi connectivity index (χ0n) is 16.0. The predicted molar refractivity (Wildman–Crippen MR) is 99.6 cm³/mol. The molecule has 146 valence electrons. The second-order valence-corrected chi connectivity index (χ2v) is 6.58. The Labute approximate surface area is 162 Å². The van der Waals surface area contributed by atoms with E-state index in [9.17, 15) is 9.90 Å². The lowest BCUT2D eigenvalue weighted by molar-refractivity contribution is -0.114. The van der Waals surface area contributed by atoms with E-state index in [4.69, 9.17) is 23.7 Å². The van der Waals surface area contributed by atoms with Gasteiger partial charge in [-0.2, -0.15) is 0 Å². The molecular formula is C21H20O7. The van der Waals surface area contributed by atoms with E-state index in [1.807, 2.05) is 6.07 Å². The molecule has 0 unspecified atom stereocenters. The Kier molecular flexibility index (Phi) is 4.30. The van der Waals surface area contributed by atoms with Gasteiger partial charge in [0, 0.05) is 23.1 Å². The number of aromatic hydroxyl groups is 1. The monoisotopic (exact) mass is 384 g/mol. The van der Waals surface area contributed by atoms with Gasteiger partial charge in [-0.25, -0.2) is 0 Å². The molecule has 0 amide bonds. The molecule has 28 heavy (non-hydrogen) atoms. The Morgan fingerprint density at radius 3 is 2.21 bits per heavy atom. The van der Waals surface area contributed by atoms with E-state index in [-0.39, 0.29) is 29.8 Å². The van der Waals surface area contributed by atoms with E-state index in [0.717, 1.165) is 11.1 Å². The van der Waals surface area contributed by atoms with Gasteiger partial charge in [0.25, 0.3) is 0 Å². The molecule has 7 heteroatoms. The van der Waals surface area contributed by atoms with Crippen molar-refractivity contribution in [2.75, 3.05) is 21.0 Å². The molecule has 2 aliphatic heterocycles. The third-order valence-electron chi connectivity index (χ3n) is 4.96. The Hall–Kier alpha value is -3.35. The van der Waals surface area contributed by atoms with Gasteiger partial charge in [-0.3, -0.25) is 4.79 Å². The van der Waals surface area contributed by atoms with Crippen LogP contribution in [0.3, 0.4) is 0 Å². The van der Waals surface area contributed by atoms with E-state index >= 15 is 0 Å². The van der Waals surface area contributed by atoms with Crippen molar-refractivity contribution in [1.82, 2.24) is 0 Å². The lowest BCUT2D eigenvalue weighted by Gasteiger charge is -2.29. The molecule has 0 saturated heterocycles. The minimum absolute atomic E-state index is 0.100. The third-order valence-corrected chi connectivity index (χ3v) is 4.96. The van der Waals surface area contributed by atoms with E-state index in [1.165, 1.54) is 21.1 Å². The van der Waals surface area contributed by atoms with Gasteiger partial charge in [0.1, 0.15) is 11.5 Å². The third kappa shape index (κ3) is 2.70. The molecule has 2 aromatic carbocycles. The summed E-state index contributed by atoms with van der Waals surface area (Å²) in [7, 11) is 2.92. The van der Waals surface area contributed by atoms with Crippen molar-refractivity contribution in [2.24, 2.45) is 0 Å². The first kappa shape index (κ1) is 18.0. The molecule has 2 aliphatic rings. The highest BCUT2D eigenvalue weighted by molar-refractivity contribution is 5.97. The van der Waals surface area contributed by atoms with Crippen molar-refractivity contribution in [3.63, 3.8) is 0 Å². The van der Waals surface area contributed by atoms with E-state index in [1.54, 1.807) is 25.1 Å². The van der Waals surface area contributed by atoms with Crippen molar-refractivity contribution in [3.8, 4) is 34.5 Å². The number of benzene rings is 2. The fraction of sp³-hybridized carbons (Fsp3) is 0.286. The molecule has 7 nitrogen and oxygen atoms in total. The highest BCUT2D eigenvalue weighted by Crippen LogP contribution is 2.50. The summed E-state index contributed by atoms with van der Waals surface area (Å²) >= 11 is 0. The predicted octanol–water partition coefficient (Wildman–Crippen LogP) is 3.53. The van der Waals surface area contributed by atoms with Crippen LogP contribution in [0, 0.1) is 0 Å². The van der Waals surface area contributed by atoms with Crippen molar-refractivity contribution < 1.29 is 33.6 Å². The number of hydrogen-bond acceptors (Lipinski definition) is 7. The molecule has 0 bridgehead atoms. The summed E-state index contributed by atoms with van der Waals surface area (Å²) in [4.78, 5) is 12.5. The summed E-state index contributed by atoms with van der Waals surface area (Å²) in [5.74, 6) is 2.13. The van der Waals surface area contributed by atoms with Crippen molar-refractivity contribution >= 4 is 5.78 Å². The number of phenolic OH excluding ortho intramolecular Hbond substituents is 1. The number of carbonyl (C=O) groups is 1. The number of ketones is 1. The highest BCUT2D eigenvalue weighted by Gasteiger charge is 2.35. The van der Waals surface area contributed by atoms with Crippen LogP contribution < -0.4 is 23.7 Å². The molecule has 1 N–H and O–H groups in total. The second kappa shape index (κ2) is 6.67. The summed E-state index contributed by atoms with van der Waals surface area (Å²) in [6.07, 6.45) is 0. The van der Waals surface area contributed by atoms with Crippen LogP contribution in [-0.4, -0.2) is 31.9 Å². The van der Waals surface area contributed by atoms with Gasteiger partial charge in [-0.1, -0.05) is 0 Å². The highest BCUT2D eigenvalue weighted by atomic mass is 16.7. The summed E-state index contributed by atoms with van der Waals surface area (Å²) in [6.45, 7) is 3.39. The van der Waals surface area contributed by atoms with E-state index in [0.29, 0.717) is 28.6 Å². The SMILES string of the molecule is COc1cc([C@H]2C(C(C)=O)=C(C)Oc3cc4c(cc32)OCO4)cc(OC)c1O. The lowest BCUT2D eigenvalue weighted by Crippen LogP contribution is -2.20. The van der Waals surface area contributed by atoms with Gasteiger partial charge in [0.05, 0.1) is 14.2 Å². The van der Waals surface area contributed by atoms with Crippen LogP contribution in [0.5, 0.6) is 34.5 Å². The largest absolute Gasteiger partial charge is 0.502 e. The van der Waals surface area contributed by atoms with Crippen LogP contribution in [-0.2, 0) is 4.79 Å². The van der Waals surface area contributed by atoms with Gasteiger partial charge >= 0.3 is 0 Å². The summed E-state index contributed by atoms with van der Waals surface area (Å²) in [5, 5.41) is 10.3. The molecule has 0 aliphatic carbocycles. The van der Waals surface area contributed by atoms with Gasteiger partial charge in [-0.15, -0.1) is 0 Å². The fourth-order valence-corrected chi connectivity index (χ4v) is 3.71. The fourth-order valence-electron chi connectivity index (χ4n) is 3.71. The molecule has 2 aromatic rings. The Balaban J connectivity index is 1.97. The number of rotatable bonds is 4. The number of hydrogen-bond donors (Lipinski definition) is 1. The molecule has 0 saturated carbocycles. The molecule has 0 fully saturated rings. The first-order valence-electron chi connectivity index (χ1n) is 8.72. The Bertz CT molecular complexity index is 981. The standard InChI is InChI=1S/C21H20O7/c1-10(22)19-11(2)28-14-8-16-15(26-9-27-16)7-13(14)20(19)12-5-17(24-3)21(23)18(6-12)25-4/h5-8,20,23H,9H2,1-4H3/t20-/m1/s1. The van der Waals surface area contributed by atoms with Crippen LogP contribution in [0.15, 0.2) is 35.6 Å². The topological polar surface area (TPSA) is 83.5 Å². The van der Waals surface area contributed by atoms with Crippen molar-refractivity contribution in [3.05, 3.63) is 46.7 Å². The van der Waals surface area contributed by atoms with Gasteiger partial charge in [0.2, 0.25) is 12.5 Å². The number of Topliss-reactive ketones (excluding diaryl/α,β-unsaturated/α-hetero) is 1. The number of fused-ring (bicyclic) bond motifs is 2. The average Bonchev–Trinajstić information content (AvgIpc) is 3.12. The smallest absolute Gasteiger partial charge is 0.231 e. The van der Waals surface area contributed by atoms with Crippen LogP contribution in [0.2, 0.25) is 0 Å². The first-order valence-corrected chi connectivity index (χ1v) is 8.72. The lowest BCUT2D eigenvalue weighted by atomic mass is 9.80. The molecule has 1 atom stereocenters. The van der Waals surface area contributed by atoms with E-state index in [2.05, 4.69) is 0 Å². The molecule has 0 aromatic heterocycles. The summed E-state index contributed by atoms with van der Waals surface area (Å²) < 4.78 is 27.5. The van der Waals surface area contributed by atoms with Crippen LogP contribution >= 0.6 is 0 Å². The minimum atomic E-state index is -0.445. The van der Waals surface area contributed by atoms with Gasteiger partial charge in [0.15, 0.2) is 28.8 Å². The minimum Gasteiger partial charge on any atom is -0.502 e. The number of allylic oxidation sites excluding steroid dienone is 2. The van der Waals surface area contributed by atoms with Gasteiger partial charge < -0.3 is 28.8 Å². The summed E-state index contributed by atoms with van der Waals surface area (Å²) in [5.41, 5.74) is 2.00. The van der Waals surface area contributed by atoms with Crippen LogP contribution in [0.1, 0.15) is 30.9 Å². The second-order valence-electron chi connectivity index (χ2n) is 6.58. The normalized spacial score (nSPS) is 17.1. The number of phenols is 1. The number of methoxy groups -OCH3 is 2. The Morgan fingerprint density at radius 2 is 1.64 bits per heavy atom. The van der Waals surface area contributed by atoms with Crippen molar-refractivity contribution in [2.45, 2.75) is 19.8 Å². The zero-order chi connectivity index (χ0) is 20.0. The van der Waals surface area contributed by atoms with E-state index < -0.39 is 5.92 Å². The molecule has 0 radical (unpaired) electrons. The number of carbonyl (C=O) groups excluding carboxylic acids is 1. The maximum Gasteiger partial charge on any atom is 0.231 e. The van der Waals surface area contributed by atoms with Crippen molar-refractivity contribution in [1.29, 1.82) is 0 Å². The maximum absolute atomic E-state index is 12.5. The first-order chi connectivity index (χ1) is 13.4.